The van der Waals surface area contributed by atoms with Crippen molar-refractivity contribution in [2.45, 2.75) is 19.0 Å². The minimum Gasteiger partial charge on any atom is -0.395 e. The van der Waals surface area contributed by atoms with Gasteiger partial charge in [0, 0.05) is 6.04 Å². The summed E-state index contributed by atoms with van der Waals surface area (Å²) in [7, 11) is 3.95. The normalized spacial score (nSPS) is 15.3. The molecular formula is C12H20N2O. The minimum atomic E-state index is -0.248. The Morgan fingerprint density at radius 3 is 2.53 bits per heavy atom. The fraction of sp³-hybridized carbons (Fsp3) is 0.500. The third kappa shape index (κ3) is 3.02. The zero-order valence-electron chi connectivity index (χ0n) is 9.64. The summed E-state index contributed by atoms with van der Waals surface area (Å²) in [4.78, 5) is 2.04. The molecule has 1 aromatic rings. The van der Waals surface area contributed by atoms with Crippen LogP contribution in [0.2, 0.25) is 0 Å². The molecule has 0 spiro atoms. The molecule has 0 aromatic heterocycles. The number of likely N-dealkylation sites (N-methyl/N-ethyl adjacent to an activating group) is 1. The molecule has 1 aromatic carbocycles. The number of benzene rings is 1. The lowest BCUT2D eigenvalue weighted by atomic mass is 9.98. The van der Waals surface area contributed by atoms with Crippen LogP contribution in [0.15, 0.2) is 24.3 Å². The van der Waals surface area contributed by atoms with Crippen molar-refractivity contribution in [1.29, 1.82) is 0 Å². The predicted molar refractivity (Wildman–Crippen MR) is 62.7 cm³/mol. The van der Waals surface area contributed by atoms with Crippen LogP contribution in [0.1, 0.15) is 17.2 Å². The van der Waals surface area contributed by atoms with Gasteiger partial charge in [-0.15, -0.1) is 0 Å². The molecule has 0 amide bonds. The summed E-state index contributed by atoms with van der Waals surface area (Å²) in [5, 5.41) is 9.13. The second-order valence-corrected chi connectivity index (χ2v) is 4.17. The van der Waals surface area contributed by atoms with Crippen LogP contribution in [0.3, 0.4) is 0 Å². The van der Waals surface area contributed by atoms with Crippen LogP contribution in [0.25, 0.3) is 0 Å². The molecule has 84 valence electrons. The summed E-state index contributed by atoms with van der Waals surface area (Å²) in [6.45, 7) is 2.05. The van der Waals surface area contributed by atoms with Crippen LogP contribution in [0, 0.1) is 6.92 Å². The van der Waals surface area contributed by atoms with Gasteiger partial charge in [-0.3, -0.25) is 0 Å². The number of aliphatic hydroxyl groups excluding tert-OH is 1. The first-order valence-electron chi connectivity index (χ1n) is 5.15. The number of rotatable bonds is 4. The lowest BCUT2D eigenvalue weighted by molar-refractivity contribution is 0.181. The monoisotopic (exact) mass is 208 g/mol. The highest BCUT2D eigenvalue weighted by molar-refractivity contribution is 5.26. The number of aliphatic hydroxyl groups is 1. The number of hydrogen-bond donors (Lipinski definition) is 2. The Hall–Kier alpha value is -0.900. The molecular weight excluding hydrogens is 188 g/mol. The highest BCUT2D eigenvalue weighted by Crippen LogP contribution is 2.21. The smallest absolute Gasteiger partial charge is 0.0601 e. The van der Waals surface area contributed by atoms with Crippen molar-refractivity contribution in [3.8, 4) is 0 Å². The molecule has 0 radical (unpaired) electrons. The fourth-order valence-electron chi connectivity index (χ4n) is 1.88. The third-order valence-corrected chi connectivity index (χ3v) is 2.56. The van der Waals surface area contributed by atoms with E-state index in [1.165, 1.54) is 5.56 Å². The first-order chi connectivity index (χ1) is 7.06. The molecule has 0 aliphatic heterocycles. The average Bonchev–Trinajstić information content (AvgIpc) is 2.17. The Morgan fingerprint density at radius 2 is 2.07 bits per heavy atom. The SMILES string of the molecule is Cc1cccc(C(C(N)CO)N(C)C)c1. The molecule has 0 aliphatic rings. The van der Waals surface area contributed by atoms with E-state index >= 15 is 0 Å². The third-order valence-electron chi connectivity index (χ3n) is 2.56. The van der Waals surface area contributed by atoms with Crippen molar-refractivity contribution in [2.24, 2.45) is 5.73 Å². The molecule has 1 rings (SSSR count). The van der Waals surface area contributed by atoms with Gasteiger partial charge < -0.3 is 15.7 Å². The second-order valence-electron chi connectivity index (χ2n) is 4.17. The quantitative estimate of drug-likeness (QED) is 0.773. The maximum absolute atomic E-state index is 9.13. The number of hydrogen-bond acceptors (Lipinski definition) is 3. The van der Waals surface area contributed by atoms with Crippen molar-refractivity contribution in [3.05, 3.63) is 35.4 Å². The topological polar surface area (TPSA) is 49.5 Å². The first-order valence-corrected chi connectivity index (χ1v) is 5.15. The highest BCUT2D eigenvalue weighted by Gasteiger charge is 2.21. The lowest BCUT2D eigenvalue weighted by Crippen LogP contribution is -2.39. The Labute approximate surface area is 91.5 Å². The molecule has 3 heteroatoms. The summed E-state index contributed by atoms with van der Waals surface area (Å²) < 4.78 is 0. The molecule has 2 unspecified atom stereocenters. The van der Waals surface area contributed by atoms with Crippen LogP contribution in [-0.4, -0.2) is 36.8 Å². The molecule has 0 aliphatic carbocycles. The summed E-state index contributed by atoms with van der Waals surface area (Å²) in [6, 6.07) is 8.05. The zero-order chi connectivity index (χ0) is 11.4. The van der Waals surface area contributed by atoms with Gasteiger partial charge in [0.2, 0.25) is 0 Å². The molecule has 0 saturated carbocycles. The van der Waals surface area contributed by atoms with Gasteiger partial charge in [-0.25, -0.2) is 0 Å². The molecule has 0 fully saturated rings. The summed E-state index contributed by atoms with van der Waals surface area (Å²) in [5.41, 5.74) is 8.28. The van der Waals surface area contributed by atoms with Gasteiger partial charge in [0.15, 0.2) is 0 Å². The molecule has 0 bridgehead atoms. The van der Waals surface area contributed by atoms with E-state index in [1.807, 2.05) is 31.1 Å². The molecule has 3 N–H and O–H groups in total. The van der Waals surface area contributed by atoms with Crippen LogP contribution in [0.4, 0.5) is 0 Å². The Balaban J connectivity index is 2.99. The van der Waals surface area contributed by atoms with Crippen LogP contribution < -0.4 is 5.73 Å². The number of nitrogens with zero attached hydrogens (tertiary/aromatic N) is 1. The van der Waals surface area contributed by atoms with Gasteiger partial charge in [-0.05, 0) is 26.6 Å². The van der Waals surface area contributed by atoms with Crippen LogP contribution >= 0.6 is 0 Å². The van der Waals surface area contributed by atoms with Crippen molar-refractivity contribution in [1.82, 2.24) is 4.90 Å². The van der Waals surface area contributed by atoms with Crippen LogP contribution in [0.5, 0.6) is 0 Å². The highest BCUT2D eigenvalue weighted by atomic mass is 16.3. The molecule has 15 heavy (non-hydrogen) atoms. The van der Waals surface area contributed by atoms with Gasteiger partial charge in [-0.1, -0.05) is 29.8 Å². The molecule has 0 saturated heterocycles. The molecule has 2 atom stereocenters. The summed E-state index contributed by atoms with van der Waals surface area (Å²) in [5.74, 6) is 0. The largest absolute Gasteiger partial charge is 0.395 e. The Bertz CT molecular complexity index is 312. The van der Waals surface area contributed by atoms with Crippen molar-refractivity contribution in [3.63, 3.8) is 0 Å². The van der Waals surface area contributed by atoms with E-state index in [9.17, 15) is 0 Å². The van der Waals surface area contributed by atoms with E-state index in [0.29, 0.717) is 0 Å². The lowest BCUT2D eigenvalue weighted by Gasteiger charge is -2.29. The van der Waals surface area contributed by atoms with Gasteiger partial charge in [0.25, 0.3) is 0 Å². The van der Waals surface area contributed by atoms with Crippen LogP contribution in [-0.2, 0) is 0 Å². The van der Waals surface area contributed by atoms with Crippen molar-refractivity contribution >= 4 is 0 Å². The van der Waals surface area contributed by atoms with E-state index in [-0.39, 0.29) is 18.7 Å². The molecule has 0 heterocycles. The van der Waals surface area contributed by atoms with Crippen molar-refractivity contribution < 1.29 is 5.11 Å². The summed E-state index contributed by atoms with van der Waals surface area (Å²) >= 11 is 0. The van der Waals surface area contributed by atoms with E-state index in [1.54, 1.807) is 0 Å². The first kappa shape index (κ1) is 12.2. The standard InChI is InChI=1S/C12H20N2O/c1-9-5-4-6-10(7-9)12(14(2)3)11(13)8-15/h4-7,11-12,15H,8,13H2,1-3H3. The zero-order valence-corrected chi connectivity index (χ0v) is 9.64. The Morgan fingerprint density at radius 1 is 1.40 bits per heavy atom. The number of nitrogens with two attached hydrogens (primary N) is 1. The van der Waals surface area contributed by atoms with E-state index in [2.05, 4.69) is 19.1 Å². The van der Waals surface area contributed by atoms with Gasteiger partial charge >= 0.3 is 0 Å². The minimum absolute atomic E-state index is 0.00319. The Kier molecular flexibility index (Phi) is 4.27. The van der Waals surface area contributed by atoms with Gasteiger partial charge in [-0.2, -0.15) is 0 Å². The number of aryl methyl sites for hydroxylation is 1. The maximum atomic E-state index is 9.13. The summed E-state index contributed by atoms with van der Waals surface area (Å²) in [6.07, 6.45) is 0. The van der Waals surface area contributed by atoms with Gasteiger partial charge in [0.05, 0.1) is 12.6 Å². The predicted octanol–water partition coefficient (Wildman–Crippen LogP) is 0.917. The fourth-order valence-corrected chi connectivity index (χ4v) is 1.88. The molecule has 3 nitrogen and oxygen atoms in total. The van der Waals surface area contributed by atoms with E-state index in [0.717, 1.165) is 5.56 Å². The van der Waals surface area contributed by atoms with Gasteiger partial charge in [0.1, 0.15) is 0 Å². The van der Waals surface area contributed by atoms with E-state index < -0.39 is 0 Å². The average molecular weight is 208 g/mol. The maximum Gasteiger partial charge on any atom is 0.0601 e. The van der Waals surface area contributed by atoms with E-state index in [4.69, 9.17) is 10.8 Å². The second kappa shape index (κ2) is 5.26. The van der Waals surface area contributed by atoms with Crippen molar-refractivity contribution in [2.75, 3.05) is 20.7 Å².